The summed E-state index contributed by atoms with van der Waals surface area (Å²) in [5.74, 6) is 0.0604. The number of nitrogens with one attached hydrogen (secondary N) is 2. The minimum Gasteiger partial charge on any atom is -0.496 e. The van der Waals surface area contributed by atoms with Crippen LogP contribution in [0.3, 0.4) is 0 Å². The molecule has 0 radical (unpaired) electrons. The maximum absolute atomic E-state index is 13.8. The quantitative estimate of drug-likeness (QED) is 0.287. The number of ether oxygens (including phenoxy) is 1. The first-order valence-corrected chi connectivity index (χ1v) is 12.2. The topological polar surface area (TPSA) is 96.4 Å². The number of methoxy groups -OCH3 is 1. The highest BCUT2D eigenvalue weighted by Crippen LogP contribution is 2.32. The lowest BCUT2D eigenvalue weighted by Crippen LogP contribution is -2.30. The summed E-state index contributed by atoms with van der Waals surface area (Å²) in [5.41, 5.74) is 5.57. The molecule has 1 saturated heterocycles. The number of nitrogens with zero attached hydrogens (tertiary/aromatic N) is 2. The molecule has 0 saturated carbocycles. The van der Waals surface area contributed by atoms with Crippen molar-refractivity contribution in [1.82, 2.24) is 20.0 Å². The number of carbonyl (C=O) groups is 2. The van der Waals surface area contributed by atoms with Gasteiger partial charge in [-0.1, -0.05) is 59.7 Å². The minimum atomic E-state index is -0.535. The van der Waals surface area contributed by atoms with E-state index in [4.69, 9.17) is 4.74 Å². The lowest BCUT2D eigenvalue weighted by atomic mass is 10.1. The number of benzene rings is 3. The standard InChI is InChI=1S/C30H28N4O4/c1-18-8-7-9-21(15-18)17-33-29(36)24(31-30(33)37)16-23-27(22-10-5-6-11-26(22)38-4)32-34(28(23)35)25-13-12-19(2)14-20(25)3/h5-16,32H,17H2,1-4H3,(H,31,37). The third-order valence-electron chi connectivity index (χ3n) is 6.57. The van der Waals surface area contributed by atoms with Crippen LogP contribution in [0.2, 0.25) is 0 Å². The molecular formula is C30H28N4O4. The number of aromatic nitrogens is 2. The summed E-state index contributed by atoms with van der Waals surface area (Å²) < 4.78 is 7.01. The number of amides is 3. The molecule has 2 N–H and O–H groups in total. The number of aromatic amines is 1. The molecule has 5 rings (SSSR count). The lowest BCUT2D eigenvalue weighted by molar-refractivity contribution is -0.123. The van der Waals surface area contributed by atoms with Gasteiger partial charge < -0.3 is 10.1 Å². The predicted octanol–water partition coefficient (Wildman–Crippen LogP) is 4.86. The molecular weight excluding hydrogens is 480 g/mol. The van der Waals surface area contributed by atoms with Gasteiger partial charge in [0.2, 0.25) is 0 Å². The van der Waals surface area contributed by atoms with Crippen LogP contribution in [-0.2, 0) is 11.3 Å². The van der Waals surface area contributed by atoms with Crippen molar-refractivity contribution in [3.63, 3.8) is 0 Å². The van der Waals surface area contributed by atoms with Gasteiger partial charge in [-0.2, -0.15) is 0 Å². The molecule has 4 aromatic rings. The van der Waals surface area contributed by atoms with E-state index >= 15 is 0 Å². The van der Waals surface area contributed by atoms with E-state index in [1.165, 1.54) is 10.8 Å². The van der Waals surface area contributed by atoms with Crippen molar-refractivity contribution in [1.29, 1.82) is 0 Å². The van der Waals surface area contributed by atoms with E-state index in [2.05, 4.69) is 10.4 Å². The Morgan fingerprint density at radius 2 is 1.66 bits per heavy atom. The van der Waals surface area contributed by atoms with E-state index < -0.39 is 11.9 Å². The molecule has 0 aliphatic carbocycles. The first kappa shape index (κ1) is 24.8. The van der Waals surface area contributed by atoms with Crippen molar-refractivity contribution < 1.29 is 14.3 Å². The molecule has 1 aliphatic rings. The average molecular weight is 509 g/mol. The Hall–Kier alpha value is -4.85. The molecule has 38 heavy (non-hydrogen) atoms. The molecule has 2 heterocycles. The van der Waals surface area contributed by atoms with Gasteiger partial charge in [-0.15, -0.1) is 0 Å². The van der Waals surface area contributed by atoms with Crippen LogP contribution in [0.1, 0.15) is 27.8 Å². The molecule has 1 aromatic heterocycles. The fraction of sp³-hybridized carbons (Fsp3) is 0.167. The van der Waals surface area contributed by atoms with E-state index in [9.17, 15) is 14.4 Å². The molecule has 3 amide bonds. The summed E-state index contributed by atoms with van der Waals surface area (Å²) in [4.78, 5) is 41.0. The predicted molar refractivity (Wildman–Crippen MR) is 146 cm³/mol. The van der Waals surface area contributed by atoms with Crippen LogP contribution in [0.4, 0.5) is 4.79 Å². The average Bonchev–Trinajstić information content (AvgIpc) is 3.35. The summed E-state index contributed by atoms with van der Waals surface area (Å²) in [7, 11) is 1.56. The van der Waals surface area contributed by atoms with E-state index in [-0.39, 0.29) is 23.4 Å². The van der Waals surface area contributed by atoms with E-state index in [1.807, 2.05) is 81.4 Å². The molecule has 1 aliphatic heterocycles. The largest absolute Gasteiger partial charge is 0.496 e. The molecule has 0 unspecified atom stereocenters. The second-order valence-corrected chi connectivity index (χ2v) is 9.40. The highest BCUT2D eigenvalue weighted by atomic mass is 16.5. The molecule has 8 heteroatoms. The summed E-state index contributed by atoms with van der Waals surface area (Å²) in [6, 6.07) is 20.2. The number of urea groups is 1. The highest BCUT2D eigenvalue weighted by Gasteiger charge is 2.34. The zero-order valence-corrected chi connectivity index (χ0v) is 21.7. The number of carbonyl (C=O) groups excluding carboxylic acids is 2. The normalized spacial score (nSPS) is 14.3. The van der Waals surface area contributed by atoms with Crippen molar-refractivity contribution in [3.8, 4) is 22.7 Å². The number of rotatable bonds is 6. The van der Waals surface area contributed by atoms with Crippen molar-refractivity contribution in [3.05, 3.63) is 111 Å². The Kier molecular flexibility index (Phi) is 6.46. The molecule has 0 spiro atoms. The maximum atomic E-state index is 13.8. The van der Waals surface area contributed by atoms with Gasteiger partial charge in [0.15, 0.2) is 0 Å². The van der Waals surface area contributed by atoms with E-state index in [0.29, 0.717) is 22.7 Å². The first-order valence-electron chi connectivity index (χ1n) is 12.2. The Morgan fingerprint density at radius 1 is 0.895 bits per heavy atom. The fourth-order valence-electron chi connectivity index (χ4n) is 4.72. The number of hydrogen-bond acceptors (Lipinski definition) is 4. The minimum absolute atomic E-state index is 0.0303. The number of aryl methyl sites for hydroxylation is 3. The summed E-state index contributed by atoms with van der Waals surface area (Å²) in [5, 5.41) is 5.86. The van der Waals surface area contributed by atoms with Gasteiger partial charge in [0.05, 0.1) is 30.6 Å². The molecule has 0 atom stereocenters. The van der Waals surface area contributed by atoms with Gasteiger partial charge >= 0.3 is 6.03 Å². The van der Waals surface area contributed by atoms with Crippen LogP contribution in [0, 0.1) is 20.8 Å². The Bertz CT molecular complexity index is 1660. The van der Waals surface area contributed by atoms with E-state index in [0.717, 1.165) is 27.2 Å². The first-order chi connectivity index (χ1) is 18.3. The Balaban J connectivity index is 1.62. The van der Waals surface area contributed by atoms with Crippen LogP contribution >= 0.6 is 0 Å². The maximum Gasteiger partial charge on any atom is 0.329 e. The van der Waals surface area contributed by atoms with Crippen LogP contribution in [0.15, 0.2) is 77.2 Å². The van der Waals surface area contributed by atoms with Crippen LogP contribution in [0.5, 0.6) is 5.75 Å². The summed E-state index contributed by atoms with van der Waals surface area (Å²) in [6.45, 7) is 6.00. The number of hydrogen-bond donors (Lipinski definition) is 2. The fourth-order valence-corrected chi connectivity index (χ4v) is 4.72. The SMILES string of the molecule is COc1ccccc1-c1[nH]n(-c2ccc(C)cc2C)c(=O)c1C=C1NC(=O)N(Cc2cccc(C)c2)C1=O. The van der Waals surface area contributed by atoms with Crippen LogP contribution in [-0.4, -0.2) is 33.7 Å². The second kappa shape index (κ2) is 9.89. The summed E-state index contributed by atoms with van der Waals surface area (Å²) >= 11 is 0. The van der Waals surface area contributed by atoms with Crippen LogP contribution in [0.25, 0.3) is 23.0 Å². The van der Waals surface area contributed by atoms with Crippen molar-refractivity contribution in [2.45, 2.75) is 27.3 Å². The third-order valence-corrected chi connectivity index (χ3v) is 6.57. The van der Waals surface area contributed by atoms with Gasteiger partial charge in [-0.3, -0.25) is 19.6 Å². The van der Waals surface area contributed by atoms with Gasteiger partial charge in [0.1, 0.15) is 11.4 Å². The third kappa shape index (κ3) is 4.52. The molecule has 3 aromatic carbocycles. The van der Waals surface area contributed by atoms with Crippen LogP contribution < -0.4 is 15.6 Å². The Labute approximate surface area is 220 Å². The molecule has 0 bridgehead atoms. The van der Waals surface area contributed by atoms with Gasteiger partial charge in [-0.05, 0) is 56.2 Å². The van der Waals surface area contributed by atoms with E-state index in [1.54, 1.807) is 13.2 Å². The smallest absolute Gasteiger partial charge is 0.329 e. The highest BCUT2D eigenvalue weighted by molar-refractivity contribution is 6.14. The number of para-hydroxylation sites is 1. The van der Waals surface area contributed by atoms with Crippen molar-refractivity contribution >= 4 is 18.0 Å². The molecule has 1 fully saturated rings. The number of imide groups is 1. The molecule has 8 nitrogen and oxygen atoms in total. The molecule has 192 valence electrons. The van der Waals surface area contributed by atoms with Crippen molar-refractivity contribution in [2.75, 3.05) is 7.11 Å². The van der Waals surface area contributed by atoms with Gasteiger partial charge in [0.25, 0.3) is 11.5 Å². The summed E-state index contributed by atoms with van der Waals surface area (Å²) in [6.07, 6.45) is 1.44. The lowest BCUT2D eigenvalue weighted by Gasteiger charge is -2.12. The Morgan fingerprint density at radius 3 is 2.39 bits per heavy atom. The monoisotopic (exact) mass is 508 g/mol. The number of H-pyrrole nitrogens is 1. The second-order valence-electron chi connectivity index (χ2n) is 9.40. The van der Waals surface area contributed by atoms with Gasteiger partial charge in [0, 0.05) is 5.56 Å². The van der Waals surface area contributed by atoms with Crippen molar-refractivity contribution in [2.24, 2.45) is 0 Å². The zero-order valence-electron chi connectivity index (χ0n) is 21.7. The van der Waals surface area contributed by atoms with Gasteiger partial charge in [-0.25, -0.2) is 9.48 Å². The zero-order chi connectivity index (χ0) is 27.0.